The van der Waals surface area contributed by atoms with E-state index in [0.29, 0.717) is 19.4 Å². The minimum Gasteiger partial charge on any atom is -0.396 e. The molecule has 3 heterocycles. The summed E-state index contributed by atoms with van der Waals surface area (Å²) < 4.78 is 0. The fraction of sp³-hybridized carbons (Fsp3) is 0.737. The van der Waals surface area contributed by atoms with Crippen molar-refractivity contribution in [2.24, 2.45) is 5.41 Å². The van der Waals surface area contributed by atoms with Gasteiger partial charge in [0.1, 0.15) is 5.82 Å². The standard InChI is InChI=1S/C19H31N5O2/c1-15-12-16(21-18(20-15)22(2)3)23-9-4-7-19(13-23)8-6-17(26)24(14-19)10-5-11-25/h12,25H,4-11,13-14H2,1-3H3/t19-/m1/s1. The van der Waals surface area contributed by atoms with E-state index in [2.05, 4.69) is 16.0 Å². The van der Waals surface area contributed by atoms with E-state index in [0.717, 1.165) is 56.4 Å². The number of amides is 1. The van der Waals surface area contributed by atoms with Crippen molar-refractivity contribution in [1.82, 2.24) is 14.9 Å². The van der Waals surface area contributed by atoms with Gasteiger partial charge in [0.05, 0.1) is 0 Å². The molecule has 0 aromatic carbocycles. The number of nitrogens with zero attached hydrogens (tertiary/aromatic N) is 5. The van der Waals surface area contributed by atoms with Gasteiger partial charge in [0.25, 0.3) is 0 Å². The SMILES string of the molecule is Cc1cc(N2CCC[C@@]3(CCC(=O)N(CCCO)C3)C2)nc(N(C)C)n1. The van der Waals surface area contributed by atoms with Gasteiger partial charge in [-0.15, -0.1) is 0 Å². The van der Waals surface area contributed by atoms with Crippen LogP contribution in [0.5, 0.6) is 0 Å². The van der Waals surface area contributed by atoms with Crippen LogP contribution in [-0.4, -0.2) is 72.8 Å². The second kappa shape index (κ2) is 7.78. The van der Waals surface area contributed by atoms with Crippen molar-refractivity contribution in [2.75, 3.05) is 56.7 Å². The molecule has 1 amide bonds. The summed E-state index contributed by atoms with van der Waals surface area (Å²) >= 11 is 0. The van der Waals surface area contributed by atoms with Crippen LogP contribution in [0.4, 0.5) is 11.8 Å². The van der Waals surface area contributed by atoms with Crippen molar-refractivity contribution in [3.8, 4) is 0 Å². The predicted octanol–water partition coefficient (Wildman–Crippen LogP) is 1.44. The summed E-state index contributed by atoms with van der Waals surface area (Å²) in [5.74, 6) is 1.95. The number of aliphatic hydroxyl groups is 1. The number of likely N-dealkylation sites (tertiary alicyclic amines) is 1. The van der Waals surface area contributed by atoms with Crippen molar-refractivity contribution in [3.05, 3.63) is 11.8 Å². The Labute approximate surface area is 156 Å². The molecule has 144 valence electrons. The predicted molar refractivity (Wildman–Crippen MR) is 102 cm³/mol. The molecule has 1 aromatic rings. The van der Waals surface area contributed by atoms with E-state index >= 15 is 0 Å². The first kappa shape index (κ1) is 18.9. The Morgan fingerprint density at radius 2 is 2.08 bits per heavy atom. The summed E-state index contributed by atoms with van der Waals surface area (Å²) in [4.78, 5) is 27.8. The molecule has 2 aliphatic heterocycles. The van der Waals surface area contributed by atoms with Crippen molar-refractivity contribution in [2.45, 2.75) is 39.0 Å². The van der Waals surface area contributed by atoms with E-state index in [4.69, 9.17) is 10.1 Å². The number of piperidine rings is 2. The number of aromatic nitrogens is 2. The van der Waals surface area contributed by atoms with E-state index in [9.17, 15) is 4.79 Å². The summed E-state index contributed by atoms with van der Waals surface area (Å²) in [5.41, 5.74) is 1.11. The van der Waals surface area contributed by atoms with Crippen LogP contribution in [0.25, 0.3) is 0 Å². The quantitative estimate of drug-likeness (QED) is 0.856. The molecule has 2 saturated heterocycles. The number of hydrogen-bond acceptors (Lipinski definition) is 6. The lowest BCUT2D eigenvalue weighted by Gasteiger charge is -2.48. The highest BCUT2D eigenvalue weighted by molar-refractivity contribution is 5.77. The van der Waals surface area contributed by atoms with Gasteiger partial charge < -0.3 is 19.8 Å². The van der Waals surface area contributed by atoms with Crippen LogP contribution in [0, 0.1) is 12.3 Å². The lowest BCUT2D eigenvalue weighted by atomic mass is 9.73. The van der Waals surface area contributed by atoms with E-state index in [-0.39, 0.29) is 17.9 Å². The first-order valence-electron chi connectivity index (χ1n) is 9.59. The molecule has 7 nitrogen and oxygen atoms in total. The Morgan fingerprint density at radius 3 is 2.81 bits per heavy atom. The maximum Gasteiger partial charge on any atom is 0.226 e. The molecule has 2 fully saturated rings. The van der Waals surface area contributed by atoms with E-state index in [1.807, 2.05) is 30.8 Å². The fourth-order valence-electron chi connectivity index (χ4n) is 4.20. The van der Waals surface area contributed by atoms with Crippen LogP contribution in [0.15, 0.2) is 6.07 Å². The monoisotopic (exact) mass is 361 g/mol. The highest BCUT2D eigenvalue weighted by Crippen LogP contribution is 2.40. The van der Waals surface area contributed by atoms with E-state index < -0.39 is 0 Å². The van der Waals surface area contributed by atoms with Crippen molar-refractivity contribution < 1.29 is 9.90 Å². The molecule has 0 bridgehead atoms. The van der Waals surface area contributed by atoms with Crippen LogP contribution >= 0.6 is 0 Å². The highest BCUT2D eigenvalue weighted by atomic mass is 16.3. The van der Waals surface area contributed by atoms with Gasteiger partial charge in [0.15, 0.2) is 0 Å². The van der Waals surface area contributed by atoms with Crippen LogP contribution in [-0.2, 0) is 4.79 Å². The molecular formula is C19H31N5O2. The Morgan fingerprint density at radius 1 is 1.27 bits per heavy atom. The maximum atomic E-state index is 12.2. The first-order chi connectivity index (χ1) is 12.4. The largest absolute Gasteiger partial charge is 0.396 e. The Bertz CT molecular complexity index is 651. The topological polar surface area (TPSA) is 72.8 Å². The molecule has 7 heteroatoms. The van der Waals surface area contributed by atoms with Crippen molar-refractivity contribution in [1.29, 1.82) is 0 Å². The van der Waals surface area contributed by atoms with Gasteiger partial charge in [-0.05, 0) is 32.6 Å². The minimum absolute atomic E-state index is 0.135. The minimum atomic E-state index is 0.135. The van der Waals surface area contributed by atoms with Gasteiger partial charge in [-0.3, -0.25) is 4.79 Å². The average molecular weight is 361 g/mol. The third kappa shape index (κ3) is 4.09. The molecule has 1 N–H and O–H groups in total. The number of carbonyl (C=O) groups excluding carboxylic acids is 1. The van der Waals surface area contributed by atoms with Crippen molar-refractivity contribution >= 4 is 17.7 Å². The summed E-state index contributed by atoms with van der Waals surface area (Å²) in [6, 6.07) is 2.06. The summed E-state index contributed by atoms with van der Waals surface area (Å²) in [7, 11) is 3.92. The molecule has 0 unspecified atom stereocenters. The van der Waals surface area contributed by atoms with Gasteiger partial charge in [-0.1, -0.05) is 0 Å². The summed E-state index contributed by atoms with van der Waals surface area (Å²) in [5, 5.41) is 9.11. The number of anilines is 2. The normalized spacial score (nSPS) is 23.6. The van der Waals surface area contributed by atoms with Gasteiger partial charge in [0.2, 0.25) is 11.9 Å². The molecule has 1 aromatic heterocycles. The average Bonchev–Trinajstić information content (AvgIpc) is 2.62. The maximum absolute atomic E-state index is 12.2. The molecule has 0 radical (unpaired) electrons. The summed E-state index contributed by atoms with van der Waals surface area (Å²) in [6.07, 6.45) is 4.48. The van der Waals surface area contributed by atoms with Crippen LogP contribution in [0.1, 0.15) is 37.8 Å². The Hall–Kier alpha value is -1.89. The lowest BCUT2D eigenvalue weighted by molar-refractivity contribution is -0.138. The lowest BCUT2D eigenvalue weighted by Crippen LogP contribution is -2.54. The molecule has 2 aliphatic rings. The summed E-state index contributed by atoms with van der Waals surface area (Å²) in [6.45, 7) is 5.53. The number of aliphatic hydroxyl groups excluding tert-OH is 1. The number of carbonyl (C=O) groups is 1. The molecule has 1 atom stereocenters. The van der Waals surface area contributed by atoms with Gasteiger partial charge in [0, 0.05) is 70.5 Å². The van der Waals surface area contributed by atoms with Crippen LogP contribution < -0.4 is 9.80 Å². The smallest absolute Gasteiger partial charge is 0.226 e. The highest BCUT2D eigenvalue weighted by Gasteiger charge is 2.41. The first-order valence-corrected chi connectivity index (χ1v) is 9.59. The van der Waals surface area contributed by atoms with Gasteiger partial charge in [-0.25, -0.2) is 4.98 Å². The van der Waals surface area contributed by atoms with Gasteiger partial charge >= 0.3 is 0 Å². The Kier molecular flexibility index (Phi) is 5.65. The third-order valence-corrected chi connectivity index (χ3v) is 5.55. The van der Waals surface area contributed by atoms with Gasteiger partial charge in [-0.2, -0.15) is 4.98 Å². The molecule has 1 spiro atoms. The fourth-order valence-corrected chi connectivity index (χ4v) is 4.20. The Balaban J connectivity index is 1.77. The van der Waals surface area contributed by atoms with Crippen molar-refractivity contribution in [3.63, 3.8) is 0 Å². The zero-order valence-corrected chi connectivity index (χ0v) is 16.2. The molecule has 0 aliphatic carbocycles. The molecule has 3 rings (SSSR count). The molecular weight excluding hydrogens is 330 g/mol. The number of aryl methyl sites for hydroxylation is 1. The second-order valence-electron chi connectivity index (χ2n) is 7.98. The third-order valence-electron chi connectivity index (χ3n) is 5.55. The second-order valence-corrected chi connectivity index (χ2v) is 7.98. The van der Waals surface area contributed by atoms with E-state index in [1.165, 1.54) is 0 Å². The number of rotatable bonds is 5. The zero-order valence-electron chi connectivity index (χ0n) is 16.2. The molecule has 26 heavy (non-hydrogen) atoms. The number of hydrogen-bond donors (Lipinski definition) is 1. The van der Waals surface area contributed by atoms with Crippen LogP contribution in [0.2, 0.25) is 0 Å². The molecule has 0 saturated carbocycles. The van der Waals surface area contributed by atoms with Crippen LogP contribution in [0.3, 0.4) is 0 Å². The zero-order chi connectivity index (χ0) is 18.7. The van der Waals surface area contributed by atoms with E-state index in [1.54, 1.807) is 0 Å².